The van der Waals surface area contributed by atoms with Crippen molar-refractivity contribution in [2.45, 2.75) is 32.9 Å². The molecule has 1 aliphatic rings. The minimum absolute atomic E-state index is 0.121. The Kier molecular flexibility index (Phi) is 7.21. The van der Waals surface area contributed by atoms with Gasteiger partial charge in [0.25, 0.3) is 5.91 Å². The lowest BCUT2D eigenvalue weighted by Crippen LogP contribution is -2.43. The van der Waals surface area contributed by atoms with Crippen LogP contribution in [-0.4, -0.2) is 66.7 Å². The number of carbonyl (C=O) groups is 1. The van der Waals surface area contributed by atoms with Gasteiger partial charge in [0.15, 0.2) is 0 Å². The van der Waals surface area contributed by atoms with Crippen LogP contribution < -0.4 is 5.32 Å². The number of nitrogens with zero attached hydrogens (tertiary/aromatic N) is 2. The van der Waals surface area contributed by atoms with Crippen molar-refractivity contribution in [3.8, 4) is 0 Å². The van der Waals surface area contributed by atoms with Gasteiger partial charge in [-0.3, -0.25) is 9.69 Å². The van der Waals surface area contributed by atoms with E-state index in [4.69, 9.17) is 0 Å². The summed E-state index contributed by atoms with van der Waals surface area (Å²) in [6, 6.07) is 7.79. The lowest BCUT2D eigenvalue weighted by molar-refractivity contribution is 0.0900. The maximum absolute atomic E-state index is 12.1. The predicted molar refractivity (Wildman–Crippen MR) is 97.0 cm³/mol. The summed E-state index contributed by atoms with van der Waals surface area (Å²) in [4.78, 5) is 16.9. The van der Waals surface area contributed by atoms with Crippen molar-refractivity contribution in [2.75, 3.05) is 39.8 Å². The summed E-state index contributed by atoms with van der Waals surface area (Å²) in [5.41, 5.74) is 1.88. The number of piperazine rings is 1. The van der Waals surface area contributed by atoms with Gasteiger partial charge in [-0.2, -0.15) is 0 Å². The van der Waals surface area contributed by atoms with Crippen molar-refractivity contribution in [3.05, 3.63) is 35.4 Å². The quantitative estimate of drug-likeness (QED) is 0.795. The minimum atomic E-state index is -0.481. The van der Waals surface area contributed by atoms with Crippen molar-refractivity contribution < 1.29 is 9.90 Å². The van der Waals surface area contributed by atoms with Crippen LogP contribution in [0.3, 0.4) is 0 Å². The highest BCUT2D eigenvalue weighted by Gasteiger charge is 2.14. The van der Waals surface area contributed by atoms with Crippen molar-refractivity contribution in [2.24, 2.45) is 5.92 Å². The summed E-state index contributed by atoms with van der Waals surface area (Å²) in [7, 11) is 2.16. The molecule has 1 fully saturated rings. The SMILES string of the molecule is CC(C)CC(O)CNC(=O)c1ccc(CN2CCN(C)CC2)cc1. The number of likely N-dealkylation sites (N-methyl/N-ethyl adjacent to an activating group) is 1. The molecule has 0 aromatic heterocycles. The average molecular weight is 333 g/mol. The summed E-state index contributed by atoms with van der Waals surface area (Å²) in [6.07, 6.45) is 0.218. The molecule has 1 amide bonds. The standard InChI is InChI=1S/C19H31N3O2/c1-15(2)12-18(23)13-20-19(24)17-6-4-16(5-7-17)14-22-10-8-21(3)9-11-22/h4-7,15,18,23H,8-14H2,1-3H3,(H,20,24). The van der Waals surface area contributed by atoms with E-state index in [1.165, 1.54) is 5.56 Å². The fourth-order valence-corrected chi connectivity index (χ4v) is 2.97. The lowest BCUT2D eigenvalue weighted by atomic mass is 10.1. The number of benzene rings is 1. The summed E-state index contributed by atoms with van der Waals surface area (Å²) in [5.74, 6) is 0.301. The molecule has 5 heteroatoms. The van der Waals surface area contributed by atoms with Crippen LogP contribution >= 0.6 is 0 Å². The molecule has 5 nitrogen and oxygen atoms in total. The van der Waals surface area contributed by atoms with E-state index in [9.17, 15) is 9.90 Å². The monoisotopic (exact) mass is 333 g/mol. The molecule has 0 saturated carbocycles. The van der Waals surface area contributed by atoms with E-state index in [2.05, 4.69) is 36.0 Å². The molecule has 1 atom stereocenters. The van der Waals surface area contributed by atoms with Crippen LogP contribution in [0, 0.1) is 5.92 Å². The highest BCUT2D eigenvalue weighted by molar-refractivity contribution is 5.94. The van der Waals surface area contributed by atoms with E-state index >= 15 is 0 Å². The molecular formula is C19H31N3O2. The summed E-state index contributed by atoms with van der Waals surface area (Å²) in [5, 5.41) is 12.6. The number of hydrogen-bond donors (Lipinski definition) is 2. The first kappa shape index (κ1) is 18.9. The Morgan fingerprint density at radius 3 is 2.38 bits per heavy atom. The minimum Gasteiger partial charge on any atom is -0.391 e. The Bertz CT molecular complexity index is 508. The van der Waals surface area contributed by atoms with Crippen LogP contribution in [-0.2, 0) is 6.54 Å². The van der Waals surface area contributed by atoms with Crippen LogP contribution in [0.25, 0.3) is 0 Å². The number of aliphatic hydroxyl groups is 1. The van der Waals surface area contributed by atoms with Crippen molar-refractivity contribution in [1.82, 2.24) is 15.1 Å². The van der Waals surface area contributed by atoms with Gasteiger partial charge in [0, 0.05) is 44.8 Å². The molecule has 134 valence electrons. The van der Waals surface area contributed by atoms with Gasteiger partial charge in [-0.15, -0.1) is 0 Å². The first-order chi connectivity index (χ1) is 11.4. The molecule has 24 heavy (non-hydrogen) atoms. The number of aliphatic hydroxyl groups excluding tert-OH is 1. The summed E-state index contributed by atoms with van der Waals surface area (Å²) >= 11 is 0. The molecule has 1 aromatic carbocycles. The zero-order valence-corrected chi connectivity index (χ0v) is 15.2. The van der Waals surface area contributed by atoms with Gasteiger partial charge in [-0.25, -0.2) is 0 Å². The van der Waals surface area contributed by atoms with Gasteiger partial charge >= 0.3 is 0 Å². The Labute approximate surface area is 145 Å². The highest BCUT2D eigenvalue weighted by Crippen LogP contribution is 2.10. The first-order valence-electron chi connectivity index (χ1n) is 8.90. The number of nitrogens with one attached hydrogen (secondary N) is 1. The second-order valence-electron chi connectivity index (χ2n) is 7.27. The van der Waals surface area contributed by atoms with E-state index in [-0.39, 0.29) is 5.91 Å². The maximum Gasteiger partial charge on any atom is 0.251 e. The zero-order chi connectivity index (χ0) is 17.5. The van der Waals surface area contributed by atoms with Crippen LogP contribution in [0.5, 0.6) is 0 Å². The van der Waals surface area contributed by atoms with Crippen LogP contribution in [0.15, 0.2) is 24.3 Å². The Balaban J connectivity index is 1.79. The molecular weight excluding hydrogens is 302 g/mol. The molecule has 1 aromatic rings. The van der Waals surface area contributed by atoms with Crippen molar-refractivity contribution >= 4 is 5.91 Å². The van der Waals surface area contributed by atoms with Gasteiger partial charge in [0.05, 0.1) is 6.10 Å². The Morgan fingerprint density at radius 1 is 1.17 bits per heavy atom. The molecule has 1 unspecified atom stereocenters. The Morgan fingerprint density at radius 2 is 1.79 bits per heavy atom. The predicted octanol–water partition coefficient (Wildman–Crippen LogP) is 1.57. The van der Waals surface area contributed by atoms with Gasteiger partial charge < -0.3 is 15.3 Å². The van der Waals surface area contributed by atoms with E-state index in [1.807, 2.05) is 24.3 Å². The maximum atomic E-state index is 12.1. The molecule has 1 aliphatic heterocycles. The third-order valence-electron chi connectivity index (χ3n) is 4.46. The smallest absolute Gasteiger partial charge is 0.251 e. The topological polar surface area (TPSA) is 55.8 Å². The third-order valence-corrected chi connectivity index (χ3v) is 4.46. The number of carbonyl (C=O) groups excluding carboxylic acids is 1. The van der Waals surface area contributed by atoms with Gasteiger partial charge in [0.1, 0.15) is 0 Å². The summed E-state index contributed by atoms with van der Waals surface area (Å²) < 4.78 is 0. The zero-order valence-electron chi connectivity index (χ0n) is 15.2. The molecule has 2 rings (SSSR count). The van der Waals surface area contributed by atoms with Gasteiger partial charge in [-0.05, 0) is 37.1 Å². The molecule has 1 saturated heterocycles. The van der Waals surface area contributed by atoms with Crippen molar-refractivity contribution in [3.63, 3.8) is 0 Å². The van der Waals surface area contributed by atoms with E-state index in [0.717, 1.165) is 32.7 Å². The molecule has 2 N–H and O–H groups in total. The lowest BCUT2D eigenvalue weighted by Gasteiger charge is -2.32. The normalized spacial score (nSPS) is 17.9. The Hall–Kier alpha value is -1.43. The number of amides is 1. The summed E-state index contributed by atoms with van der Waals surface area (Å²) in [6.45, 7) is 9.76. The molecule has 1 heterocycles. The van der Waals surface area contributed by atoms with Crippen LogP contribution in [0.2, 0.25) is 0 Å². The van der Waals surface area contributed by atoms with Crippen molar-refractivity contribution in [1.29, 1.82) is 0 Å². The number of rotatable bonds is 7. The molecule has 0 spiro atoms. The van der Waals surface area contributed by atoms with Crippen LogP contribution in [0.1, 0.15) is 36.2 Å². The van der Waals surface area contributed by atoms with E-state index < -0.39 is 6.10 Å². The second kappa shape index (κ2) is 9.16. The second-order valence-corrected chi connectivity index (χ2v) is 7.27. The third kappa shape index (κ3) is 6.23. The number of hydrogen-bond acceptors (Lipinski definition) is 4. The van der Waals surface area contributed by atoms with E-state index in [0.29, 0.717) is 24.4 Å². The molecule has 0 aliphatic carbocycles. The van der Waals surface area contributed by atoms with Gasteiger partial charge in [0.2, 0.25) is 0 Å². The van der Waals surface area contributed by atoms with E-state index in [1.54, 1.807) is 0 Å². The average Bonchev–Trinajstić information content (AvgIpc) is 2.55. The first-order valence-corrected chi connectivity index (χ1v) is 8.90. The highest BCUT2D eigenvalue weighted by atomic mass is 16.3. The molecule has 0 radical (unpaired) electrons. The molecule has 0 bridgehead atoms. The fraction of sp³-hybridized carbons (Fsp3) is 0.632. The van der Waals surface area contributed by atoms with Gasteiger partial charge in [-0.1, -0.05) is 26.0 Å². The largest absolute Gasteiger partial charge is 0.391 e. The van der Waals surface area contributed by atoms with Crippen LogP contribution in [0.4, 0.5) is 0 Å². The fourth-order valence-electron chi connectivity index (χ4n) is 2.97.